The molecular weight excluding hydrogens is 176 g/mol. The first-order valence-corrected chi connectivity index (χ1v) is 4.98. The summed E-state index contributed by atoms with van der Waals surface area (Å²) in [4.78, 5) is 6.79. The minimum atomic E-state index is 0.307. The molecule has 3 rings (SSSR count). The van der Waals surface area contributed by atoms with Crippen LogP contribution >= 0.6 is 0 Å². The molecule has 3 nitrogen and oxygen atoms in total. The molecule has 2 aliphatic heterocycles. The van der Waals surface area contributed by atoms with Gasteiger partial charge in [-0.25, -0.2) is 4.99 Å². The van der Waals surface area contributed by atoms with Gasteiger partial charge >= 0.3 is 0 Å². The number of nitrogens with zero attached hydrogens (tertiary/aromatic N) is 2. The van der Waals surface area contributed by atoms with Crippen LogP contribution in [0.2, 0.25) is 0 Å². The summed E-state index contributed by atoms with van der Waals surface area (Å²) in [6.45, 7) is 2.01. The molecule has 72 valence electrons. The van der Waals surface area contributed by atoms with Gasteiger partial charge in [0, 0.05) is 25.1 Å². The van der Waals surface area contributed by atoms with E-state index in [1.807, 2.05) is 12.1 Å². The summed E-state index contributed by atoms with van der Waals surface area (Å²) in [5.41, 5.74) is 1.91. The second kappa shape index (κ2) is 2.74. The summed E-state index contributed by atoms with van der Waals surface area (Å²) in [5.74, 6) is 1.44. The average molecular weight is 188 g/mol. The van der Waals surface area contributed by atoms with E-state index in [-0.39, 0.29) is 0 Å². The number of aromatic hydroxyl groups is 1. The van der Waals surface area contributed by atoms with E-state index in [1.165, 1.54) is 6.42 Å². The minimum Gasteiger partial charge on any atom is -0.506 e. The first-order chi connectivity index (χ1) is 6.84. The lowest BCUT2D eigenvalue weighted by Gasteiger charge is -2.24. The Bertz CT molecular complexity index is 412. The Hall–Kier alpha value is -1.51. The second-order valence-corrected chi connectivity index (χ2v) is 3.84. The standard InChI is InChI=1S/C11H12N2O/c14-9-4-1-3-8-7-13-6-2-5-10(13)12-11(8)9/h1,3-4,14H,2,5-7H2. The molecule has 0 atom stereocenters. The van der Waals surface area contributed by atoms with E-state index in [0.29, 0.717) is 5.75 Å². The fourth-order valence-electron chi connectivity index (χ4n) is 2.18. The number of fused-ring (bicyclic) bond motifs is 2. The summed E-state index contributed by atoms with van der Waals surface area (Å²) in [6, 6.07) is 5.62. The predicted octanol–water partition coefficient (Wildman–Crippen LogP) is 2.03. The molecule has 14 heavy (non-hydrogen) atoms. The molecule has 0 saturated carbocycles. The van der Waals surface area contributed by atoms with Gasteiger partial charge in [0.05, 0.1) is 0 Å². The van der Waals surface area contributed by atoms with Gasteiger partial charge in [0.1, 0.15) is 17.3 Å². The van der Waals surface area contributed by atoms with Crippen LogP contribution < -0.4 is 0 Å². The lowest BCUT2D eigenvalue weighted by molar-refractivity contribution is 0.435. The van der Waals surface area contributed by atoms with E-state index in [4.69, 9.17) is 0 Å². The summed E-state index contributed by atoms with van der Waals surface area (Å²) < 4.78 is 0. The van der Waals surface area contributed by atoms with Gasteiger partial charge < -0.3 is 10.0 Å². The van der Waals surface area contributed by atoms with E-state index in [2.05, 4.69) is 9.89 Å². The lowest BCUT2D eigenvalue weighted by Crippen LogP contribution is -2.26. The first kappa shape index (κ1) is 7.85. The summed E-state index contributed by atoms with van der Waals surface area (Å²) in [5, 5.41) is 9.65. The van der Waals surface area contributed by atoms with Crippen molar-refractivity contribution >= 4 is 11.5 Å². The molecule has 0 amide bonds. The topological polar surface area (TPSA) is 35.8 Å². The molecule has 2 heterocycles. The Morgan fingerprint density at radius 1 is 1.36 bits per heavy atom. The molecule has 0 radical (unpaired) electrons. The van der Waals surface area contributed by atoms with Crippen LogP contribution in [0.25, 0.3) is 0 Å². The maximum Gasteiger partial charge on any atom is 0.141 e. The zero-order chi connectivity index (χ0) is 9.54. The summed E-state index contributed by atoms with van der Waals surface area (Å²) in [7, 11) is 0. The fraction of sp³-hybridized carbons (Fsp3) is 0.364. The van der Waals surface area contributed by atoms with Gasteiger partial charge in [-0.3, -0.25) is 0 Å². The van der Waals surface area contributed by atoms with Gasteiger partial charge in [-0.1, -0.05) is 12.1 Å². The minimum absolute atomic E-state index is 0.307. The number of aliphatic imine (C=N–C) groups is 1. The normalized spacial score (nSPS) is 18.9. The Morgan fingerprint density at radius 2 is 2.29 bits per heavy atom. The van der Waals surface area contributed by atoms with E-state index >= 15 is 0 Å². The highest BCUT2D eigenvalue weighted by Gasteiger charge is 2.24. The highest BCUT2D eigenvalue weighted by atomic mass is 16.3. The van der Waals surface area contributed by atoms with Gasteiger partial charge in [0.15, 0.2) is 0 Å². The molecule has 1 saturated heterocycles. The van der Waals surface area contributed by atoms with Gasteiger partial charge in [-0.15, -0.1) is 0 Å². The molecule has 0 unspecified atom stereocenters. The van der Waals surface area contributed by atoms with Gasteiger partial charge in [0.2, 0.25) is 0 Å². The number of hydrogen-bond acceptors (Lipinski definition) is 3. The average Bonchev–Trinajstić information content (AvgIpc) is 2.62. The molecule has 1 aromatic carbocycles. The fourth-order valence-corrected chi connectivity index (χ4v) is 2.18. The van der Waals surface area contributed by atoms with Crippen molar-refractivity contribution in [3.8, 4) is 5.75 Å². The van der Waals surface area contributed by atoms with Gasteiger partial charge in [-0.2, -0.15) is 0 Å². The highest BCUT2D eigenvalue weighted by molar-refractivity contribution is 5.89. The number of amidine groups is 1. The van der Waals surface area contributed by atoms with Crippen LogP contribution in [-0.2, 0) is 6.54 Å². The van der Waals surface area contributed by atoms with Gasteiger partial charge in [-0.05, 0) is 12.5 Å². The molecule has 0 aliphatic carbocycles. The molecule has 1 N–H and O–H groups in total. The van der Waals surface area contributed by atoms with Crippen molar-refractivity contribution in [1.82, 2.24) is 4.90 Å². The van der Waals surface area contributed by atoms with Crippen molar-refractivity contribution in [2.45, 2.75) is 19.4 Å². The molecule has 2 aliphatic rings. The van der Waals surface area contributed by atoms with Crippen molar-refractivity contribution in [2.75, 3.05) is 6.54 Å². The molecule has 1 aromatic rings. The van der Waals surface area contributed by atoms with Crippen molar-refractivity contribution in [3.05, 3.63) is 23.8 Å². The molecule has 3 heteroatoms. The van der Waals surface area contributed by atoms with E-state index in [1.54, 1.807) is 6.07 Å². The molecule has 0 aromatic heterocycles. The maximum atomic E-state index is 9.65. The van der Waals surface area contributed by atoms with E-state index in [9.17, 15) is 5.11 Å². The smallest absolute Gasteiger partial charge is 0.141 e. The zero-order valence-electron chi connectivity index (χ0n) is 7.90. The number of para-hydroxylation sites is 1. The monoisotopic (exact) mass is 188 g/mol. The predicted molar refractivity (Wildman–Crippen MR) is 54.8 cm³/mol. The third-order valence-electron chi connectivity index (χ3n) is 2.89. The van der Waals surface area contributed by atoms with Crippen LogP contribution in [0.5, 0.6) is 5.75 Å². The SMILES string of the molecule is Oc1cccc2c1N=C1CCCN1C2. The van der Waals surface area contributed by atoms with Crippen molar-refractivity contribution in [1.29, 1.82) is 0 Å². The quantitative estimate of drug-likeness (QED) is 0.676. The Balaban J connectivity index is 2.14. The number of benzene rings is 1. The van der Waals surface area contributed by atoms with Gasteiger partial charge in [0.25, 0.3) is 0 Å². The lowest BCUT2D eigenvalue weighted by atomic mass is 10.1. The summed E-state index contributed by atoms with van der Waals surface area (Å²) >= 11 is 0. The van der Waals surface area contributed by atoms with Crippen LogP contribution in [0.3, 0.4) is 0 Å². The third kappa shape index (κ3) is 1.02. The molecule has 1 fully saturated rings. The number of rotatable bonds is 0. The number of phenols is 1. The Kier molecular flexibility index (Phi) is 1.54. The maximum absolute atomic E-state index is 9.65. The van der Waals surface area contributed by atoms with Crippen LogP contribution in [0.4, 0.5) is 5.69 Å². The van der Waals surface area contributed by atoms with Crippen molar-refractivity contribution in [3.63, 3.8) is 0 Å². The largest absolute Gasteiger partial charge is 0.506 e. The third-order valence-corrected chi connectivity index (χ3v) is 2.89. The van der Waals surface area contributed by atoms with Crippen molar-refractivity contribution in [2.24, 2.45) is 4.99 Å². The Labute approximate surface area is 82.7 Å². The number of hydrogen-bond donors (Lipinski definition) is 1. The van der Waals surface area contributed by atoms with Crippen LogP contribution in [0, 0.1) is 0 Å². The number of phenolic OH excluding ortho intramolecular Hbond substituents is 1. The van der Waals surface area contributed by atoms with Crippen molar-refractivity contribution < 1.29 is 5.11 Å². The van der Waals surface area contributed by atoms with E-state index in [0.717, 1.165) is 36.6 Å². The summed E-state index contributed by atoms with van der Waals surface area (Å²) in [6.07, 6.45) is 2.24. The van der Waals surface area contributed by atoms with Crippen LogP contribution in [0.15, 0.2) is 23.2 Å². The molecule has 0 spiro atoms. The first-order valence-electron chi connectivity index (χ1n) is 4.98. The second-order valence-electron chi connectivity index (χ2n) is 3.84. The van der Waals surface area contributed by atoms with Crippen LogP contribution in [-0.4, -0.2) is 22.4 Å². The molecular formula is C11H12N2O. The van der Waals surface area contributed by atoms with Crippen LogP contribution in [0.1, 0.15) is 18.4 Å². The Morgan fingerprint density at radius 3 is 3.21 bits per heavy atom. The molecule has 0 bridgehead atoms. The zero-order valence-corrected chi connectivity index (χ0v) is 7.90. The van der Waals surface area contributed by atoms with E-state index < -0.39 is 0 Å². The highest BCUT2D eigenvalue weighted by Crippen LogP contribution is 2.36.